The van der Waals surface area contributed by atoms with Gasteiger partial charge >= 0.3 is 6.03 Å². The molecule has 0 radical (unpaired) electrons. The van der Waals surface area contributed by atoms with Crippen molar-refractivity contribution in [2.24, 2.45) is 0 Å². The van der Waals surface area contributed by atoms with Gasteiger partial charge in [-0.25, -0.2) is 13.6 Å². The Labute approximate surface area is 163 Å². The fourth-order valence-corrected chi connectivity index (χ4v) is 3.70. The van der Waals surface area contributed by atoms with Crippen LogP contribution in [0.4, 0.5) is 13.6 Å². The molecule has 1 unspecified atom stereocenters. The van der Waals surface area contributed by atoms with Crippen molar-refractivity contribution in [3.8, 4) is 5.75 Å². The number of amides is 2. The zero-order valence-corrected chi connectivity index (χ0v) is 16.1. The van der Waals surface area contributed by atoms with Gasteiger partial charge in [-0.3, -0.25) is 4.98 Å². The highest BCUT2D eigenvalue weighted by Crippen LogP contribution is 2.28. The molecule has 0 bridgehead atoms. The highest BCUT2D eigenvalue weighted by molar-refractivity contribution is 5.75. The van der Waals surface area contributed by atoms with Gasteiger partial charge in [-0.15, -0.1) is 0 Å². The molecule has 0 aliphatic heterocycles. The monoisotopic (exact) mass is 389 g/mol. The highest BCUT2D eigenvalue weighted by Gasteiger charge is 2.29. The Morgan fingerprint density at radius 2 is 1.96 bits per heavy atom. The van der Waals surface area contributed by atoms with Gasteiger partial charge in [-0.2, -0.15) is 0 Å². The molecule has 1 aliphatic rings. The number of aromatic nitrogens is 1. The van der Waals surface area contributed by atoms with Crippen LogP contribution in [0.15, 0.2) is 36.7 Å². The van der Waals surface area contributed by atoms with Crippen molar-refractivity contribution in [3.63, 3.8) is 0 Å². The molecule has 1 atom stereocenters. The van der Waals surface area contributed by atoms with E-state index < -0.39 is 11.6 Å². The Kier molecular flexibility index (Phi) is 6.44. The number of halogens is 2. The summed E-state index contributed by atoms with van der Waals surface area (Å²) < 4.78 is 33.6. The molecule has 1 aromatic heterocycles. The summed E-state index contributed by atoms with van der Waals surface area (Å²) in [5.74, 6) is -0.706. The summed E-state index contributed by atoms with van der Waals surface area (Å²) in [5, 5.41) is 2.94. The van der Waals surface area contributed by atoms with E-state index in [2.05, 4.69) is 10.3 Å². The smallest absolute Gasteiger partial charge is 0.318 e. The van der Waals surface area contributed by atoms with Crippen LogP contribution in [0.25, 0.3) is 0 Å². The number of nitrogens with one attached hydrogen (secondary N) is 1. The van der Waals surface area contributed by atoms with Gasteiger partial charge in [0.05, 0.1) is 25.9 Å². The predicted molar refractivity (Wildman–Crippen MR) is 102 cm³/mol. The van der Waals surface area contributed by atoms with Gasteiger partial charge in [0.1, 0.15) is 17.4 Å². The maximum Gasteiger partial charge on any atom is 0.318 e. The number of carbonyl (C=O) groups excluding carboxylic acids is 1. The molecule has 0 spiro atoms. The Morgan fingerprint density at radius 1 is 1.29 bits per heavy atom. The van der Waals surface area contributed by atoms with Crippen LogP contribution in [-0.4, -0.2) is 29.1 Å². The summed E-state index contributed by atoms with van der Waals surface area (Å²) in [6, 6.07) is 4.80. The molecule has 0 saturated heterocycles. The Bertz CT molecular complexity index is 805. The lowest BCUT2D eigenvalue weighted by Gasteiger charge is -2.31. The molecule has 1 aromatic carbocycles. The average Bonchev–Trinajstić information content (AvgIpc) is 3.22. The fourth-order valence-electron chi connectivity index (χ4n) is 3.70. The summed E-state index contributed by atoms with van der Waals surface area (Å²) in [6.45, 7) is 1.74. The second-order valence-electron chi connectivity index (χ2n) is 7.06. The van der Waals surface area contributed by atoms with E-state index in [9.17, 15) is 13.6 Å². The average molecular weight is 389 g/mol. The first-order chi connectivity index (χ1) is 13.5. The molecular formula is C21H25F2N3O2. The van der Waals surface area contributed by atoms with E-state index in [1.807, 2.05) is 6.92 Å². The maximum atomic E-state index is 14.2. The summed E-state index contributed by atoms with van der Waals surface area (Å²) >= 11 is 0. The first kappa shape index (κ1) is 20.0. The standard InChI is InChI=1S/C21H25F2N3O2/c1-14(16-10-11-24-12-20(16)28-2)25-21(27)26(15-6-3-4-7-15)13-17-18(22)8-5-9-19(17)23/h5,8-12,14-15H,3-4,6-7,13H2,1-2H3,(H,25,27). The maximum absolute atomic E-state index is 14.2. The molecular weight excluding hydrogens is 364 g/mol. The van der Waals surface area contributed by atoms with Crippen molar-refractivity contribution >= 4 is 6.03 Å². The Balaban J connectivity index is 1.81. The number of hydrogen-bond donors (Lipinski definition) is 1. The van der Waals surface area contributed by atoms with Crippen LogP contribution in [0.1, 0.15) is 49.8 Å². The van der Waals surface area contributed by atoms with Crippen molar-refractivity contribution in [1.29, 1.82) is 0 Å². The van der Waals surface area contributed by atoms with E-state index >= 15 is 0 Å². The van der Waals surface area contributed by atoms with Gasteiger partial charge < -0.3 is 15.0 Å². The molecule has 1 heterocycles. The quantitative estimate of drug-likeness (QED) is 0.787. The van der Waals surface area contributed by atoms with E-state index in [0.29, 0.717) is 5.75 Å². The van der Waals surface area contributed by atoms with Crippen molar-refractivity contribution in [3.05, 3.63) is 59.4 Å². The van der Waals surface area contributed by atoms with Gasteiger partial charge in [0.25, 0.3) is 0 Å². The van der Waals surface area contributed by atoms with Gasteiger partial charge in [-0.05, 0) is 38.0 Å². The molecule has 3 rings (SSSR count). The third-order valence-corrected chi connectivity index (χ3v) is 5.26. The number of pyridine rings is 1. The van der Waals surface area contributed by atoms with E-state index in [-0.39, 0.29) is 30.2 Å². The van der Waals surface area contributed by atoms with Gasteiger partial charge in [0, 0.05) is 23.4 Å². The second-order valence-corrected chi connectivity index (χ2v) is 7.06. The number of nitrogens with zero attached hydrogens (tertiary/aromatic N) is 2. The lowest BCUT2D eigenvalue weighted by atomic mass is 10.1. The molecule has 1 fully saturated rings. The molecule has 1 saturated carbocycles. The van der Waals surface area contributed by atoms with Crippen molar-refractivity contribution < 1.29 is 18.3 Å². The minimum atomic E-state index is -0.639. The number of urea groups is 1. The molecule has 28 heavy (non-hydrogen) atoms. The van der Waals surface area contributed by atoms with E-state index in [1.54, 1.807) is 30.5 Å². The normalized spacial score (nSPS) is 15.3. The van der Waals surface area contributed by atoms with Crippen molar-refractivity contribution in [2.75, 3.05) is 7.11 Å². The van der Waals surface area contributed by atoms with Crippen LogP contribution in [0, 0.1) is 11.6 Å². The predicted octanol–water partition coefficient (Wildman–Crippen LogP) is 4.58. The lowest BCUT2D eigenvalue weighted by molar-refractivity contribution is 0.166. The third-order valence-electron chi connectivity index (χ3n) is 5.26. The molecule has 1 aliphatic carbocycles. The Hall–Kier alpha value is -2.70. The molecule has 5 nitrogen and oxygen atoms in total. The molecule has 2 amide bonds. The van der Waals surface area contributed by atoms with Crippen LogP contribution in [0.5, 0.6) is 5.75 Å². The van der Waals surface area contributed by atoms with Crippen LogP contribution in [0.3, 0.4) is 0 Å². The number of ether oxygens (including phenoxy) is 1. The van der Waals surface area contributed by atoms with Gasteiger partial charge in [0.15, 0.2) is 0 Å². The number of methoxy groups -OCH3 is 1. The third kappa shape index (κ3) is 4.40. The number of hydrogen-bond acceptors (Lipinski definition) is 3. The SMILES string of the molecule is COc1cnccc1C(C)NC(=O)N(Cc1c(F)cccc1F)C1CCCC1. The van der Waals surface area contributed by atoms with Crippen LogP contribution in [-0.2, 0) is 6.54 Å². The summed E-state index contributed by atoms with van der Waals surface area (Å²) in [4.78, 5) is 18.6. The zero-order chi connectivity index (χ0) is 20.1. The number of carbonyl (C=O) groups is 1. The van der Waals surface area contributed by atoms with Crippen LogP contribution in [0.2, 0.25) is 0 Å². The van der Waals surface area contributed by atoms with Crippen LogP contribution < -0.4 is 10.1 Å². The summed E-state index contributed by atoms with van der Waals surface area (Å²) in [7, 11) is 1.54. The number of rotatable bonds is 6. The minimum absolute atomic E-state index is 0.0365. The van der Waals surface area contributed by atoms with E-state index in [0.717, 1.165) is 31.2 Å². The van der Waals surface area contributed by atoms with Crippen LogP contribution >= 0.6 is 0 Å². The van der Waals surface area contributed by atoms with Crippen molar-refractivity contribution in [1.82, 2.24) is 15.2 Å². The van der Waals surface area contributed by atoms with Gasteiger partial charge in [0.2, 0.25) is 0 Å². The minimum Gasteiger partial charge on any atom is -0.495 e. The summed E-state index contributed by atoms with van der Waals surface area (Å²) in [5.41, 5.74) is 0.702. The Morgan fingerprint density at radius 3 is 2.61 bits per heavy atom. The first-order valence-electron chi connectivity index (χ1n) is 9.49. The van der Waals surface area contributed by atoms with E-state index in [1.165, 1.54) is 18.2 Å². The van der Waals surface area contributed by atoms with Crippen molar-refractivity contribution in [2.45, 2.75) is 51.2 Å². The lowest BCUT2D eigenvalue weighted by Crippen LogP contribution is -2.45. The molecule has 2 aromatic rings. The molecule has 150 valence electrons. The zero-order valence-electron chi connectivity index (χ0n) is 16.1. The highest BCUT2D eigenvalue weighted by atomic mass is 19.1. The first-order valence-corrected chi connectivity index (χ1v) is 9.49. The van der Waals surface area contributed by atoms with E-state index in [4.69, 9.17) is 4.74 Å². The van der Waals surface area contributed by atoms with Gasteiger partial charge in [-0.1, -0.05) is 18.9 Å². The topological polar surface area (TPSA) is 54.5 Å². The molecule has 1 N–H and O–H groups in total. The molecule has 7 heteroatoms. The summed E-state index contributed by atoms with van der Waals surface area (Å²) in [6.07, 6.45) is 6.88. The second kappa shape index (κ2) is 8.99. The fraction of sp³-hybridized carbons (Fsp3) is 0.429. The largest absolute Gasteiger partial charge is 0.495 e. The number of benzene rings is 1.